The molecule has 14 heavy (non-hydrogen) atoms. The summed E-state index contributed by atoms with van der Waals surface area (Å²) in [6.07, 6.45) is 0. The maximum atomic E-state index is 11.0. The van der Waals surface area contributed by atoms with Gasteiger partial charge in [-0.2, -0.15) is 0 Å². The lowest BCUT2D eigenvalue weighted by molar-refractivity contribution is 0.106. The molecular formula is C9H14N2O3. The van der Waals surface area contributed by atoms with E-state index in [1.807, 2.05) is 26.0 Å². The highest BCUT2D eigenvalue weighted by molar-refractivity contribution is 5.73. The lowest BCUT2D eigenvalue weighted by Gasteiger charge is -2.10. The van der Waals surface area contributed by atoms with Crippen LogP contribution in [-0.2, 0) is 4.84 Å². The molecule has 0 unspecified atom stereocenters. The van der Waals surface area contributed by atoms with Crippen LogP contribution < -0.4 is 10.8 Å². The Morgan fingerprint density at radius 2 is 2.29 bits per heavy atom. The lowest BCUT2D eigenvalue weighted by Crippen LogP contribution is -2.36. The van der Waals surface area contributed by atoms with Gasteiger partial charge in [0.1, 0.15) is 11.5 Å². The molecule has 1 aromatic rings. The maximum Gasteiger partial charge on any atom is 0.339 e. The van der Waals surface area contributed by atoms with Gasteiger partial charge in [-0.3, -0.25) is 4.84 Å². The highest BCUT2D eigenvalue weighted by Gasteiger charge is 2.11. The number of carbonyl (C=O) groups excluding carboxylic acids is 1. The van der Waals surface area contributed by atoms with E-state index in [4.69, 9.17) is 4.42 Å². The summed E-state index contributed by atoms with van der Waals surface area (Å²) in [7, 11) is 1.38. The van der Waals surface area contributed by atoms with Gasteiger partial charge < -0.3 is 9.73 Å². The molecular weight excluding hydrogens is 184 g/mol. The predicted molar refractivity (Wildman–Crippen MR) is 50.5 cm³/mol. The molecule has 78 valence electrons. The van der Waals surface area contributed by atoms with Gasteiger partial charge in [0.15, 0.2) is 0 Å². The lowest BCUT2D eigenvalue weighted by atomic mass is 10.2. The zero-order valence-electron chi connectivity index (χ0n) is 8.46. The van der Waals surface area contributed by atoms with Crippen molar-refractivity contribution in [1.82, 2.24) is 10.8 Å². The van der Waals surface area contributed by atoms with E-state index in [9.17, 15) is 4.79 Å². The van der Waals surface area contributed by atoms with Gasteiger partial charge in [0.05, 0.1) is 13.2 Å². The van der Waals surface area contributed by atoms with Crippen LogP contribution in [0.3, 0.4) is 0 Å². The Morgan fingerprint density at radius 1 is 1.57 bits per heavy atom. The van der Waals surface area contributed by atoms with Gasteiger partial charge in [-0.1, -0.05) is 0 Å². The molecule has 0 fully saturated rings. The van der Waals surface area contributed by atoms with Crippen LogP contribution in [-0.4, -0.2) is 13.1 Å². The van der Waals surface area contributed by atoms with E-state index in [0.717, 1.165) is 5.76 Å². The molecule has 0 spiro atoms. The molecule has 2 amide bonds. The molecule has 0 saturated carbocycles. The van der Waals surface area contributed by atoms with Gasteiger partial charge in [0.2, 0.25) is 0 Å². The Labute approximate surface area is 82.4 Å². The van der Waals surface area contributed by atoms with Crippen LogP contribution in [0.25, 0.3) is 0 Å². The zero-order chi connectivity index (χ0) is 10.6. The minimum atomic E-state index is -0.394. The topological polar surface area (TPSA) is 63.5 Å². The number of hydrogen-bond acceptors (Lipinski definition) is 3. The third-order valence-electron chi connectivity index (χ3n) is 1.73. The SMILES string of the molecule is CONC(=O)N[C@H](C)c1ccc(C)o1. The van der Waals surface area contributed by atoms with Gasteiger partial charge in [-0.05, 0) is 26.0 Å². The monoisotopic (exact) mass is 198 g/mol. The van der Waals surface area contributed by atoms with E-state index < -0.39 is 6.03 Å². The maximum absolute atomic E-state index is 11.0. The number of aryl methyl sites for hydroxylation is 1. The first-order chi connectivity index (χ1) is 6.63. The third-order valence-corrected chi connectivity index (χ3v) is 1.73. The highest BCUT2D eigenvalue weighted by Crippen LogP contribution is 2.14. The van der Waals surface area contributed by atoms with Crippen molar-refractivity contribution < 1.29 is 14.0 Å². The number of urea groups is 1. The Balaban J connectivity index is 2.50. The fourth-order valence-electron chi connectivity index (χ4n) is 1.08. The average Bonchev–Trinajstić information content (AvgIpc) is 2.52. The van der Waals surface area contributed by atoms with Crippen LogP contribution in [0.5, 0.6) is 0 Å². The van der Waals surface area contributed by atoms with Crippen molar-refractivity contribution in [2.24, 2.45) is 0 Å². The number of rotatable bonds is 3. The smallest absolute Gasteiger partial charge is 0.339 e. The van der Waals surface area contributed by atoms with Crippen LogP contribution in [0.2, 0.25) is 0 Å². The summed E-state index contributed by atoms with van der Waals surface area (Å²) >= 11 is 0. The second-order valence-electron chi connectivity index (χ2n) is 2.95. The quantitative estimate of drug-likeness (QED) is 0.723. The molecule has 5 nitrogen and oxygen atoms in total. The molecule has 0 aliphatic heterocycles. The summed E-state index contributed by atoms with van der Waals surface area (Å²) in [5, 5.41) is 2.64. The van der Waals surface area contributed by atoms with Crippen molar-refractivity contribution in [3.8, 4) is 0 Å². The van der Waals surface area contributed by atoms with Crippen LogP contribution in [0, 0.1) is 6.92 Å². The Kier molecular flexibility index (Phi) is 3.53. The first-order valence-electron chi connectivity index (χ1n) is 4.29. The zero-order valence-corrected chi connectivity index (χ0v) is 8.46. The minimum Gasteiger partial charge on any atom is -0.464 e. The highest BCUT2D eigenvalue weighted by atomic mass is 16.6. The van der Waals surface area contributed by atoms with Crippen LogP contribution in [0.15, 0.2) is 16.5 Å². The molecule has 0 aliphatic rings. The first kappa shape index (κ1) is 10.6. The van der Waals surface area contributed by atoms with Crippen molar-refractivity contribution in [2.75, 3.05) is 7.11 Å². The standard InChI is InChI=1S/C9H14N2O3/c1-6-4-5-8(14-6)7(2)10-9(12)11-13-3/h4-5,7H,1-3H3,(H2,10,11,12)/t7-/m1/s1. The first-order valence-corrected chi connectivity index (χ1v) is 4.29. The van der Waals surface area contributed by atoms with Crippen LogP contribution in [0.4, 0.5) is 4.79 Å². The molecule has 0 aliphatic carbocycles. The molecule has 0 aromatic carbocycles. The van der Waals surface area contributed by atoms with Gasteiger partial charge >= 0.3 is 6.03 Å². The number of hydroxylamine groups is 1. The van der Waals surface area contributed by atoms with Crippen molar-refractivity contribution in [1.29, 1.82) is 0 Å². The Bertz CT molecular complexity index is 309. The van der Waals surface area contributed by atoms with E-state index in [1.54, 1.807) is 0 Å². The minimum absolute atomic E-state index is 0.182. The van der Waals surface area contributed by atoms with Crippen LogP contribution in [0.1, 0.15) is 24.5 Å². The van der Waals surface area contributed by atoms with E-state index in [-0.39, 0.29) is 6.04 Å². The molecule has 1 heterocycles. The molecule has 2 N–H and O–H groups in total. The van der Waals surface area contributed by atoms with E-state index in [1.165, 1.54) is 7.11 Å². The fourth-order valence-corrected chi connectivity index (χ4v) is 1.08. The number of hydrogen-bond donors (Lipinski definition) is 2. The summed E-state index contributed by atoms with van der Waals surface area (Å²) in [6.45, 7) is 3.68. The van der Waals surface area contributed by atoms with E-state index in [0.29, 0.717) is 5.76 Å². The summed E-state index contributed by atoms with van der Waals surface area (Å²) in [5.41, 5.74) is 2.16. The van der Waals surface area contributed by atoms with Crippen molar-refractivity contribution >= 4 is 6.03 Å². The van der Waals surface area contributed by atoms with Gasteiger partial charge in [0.25, 0.3) is 0 Å². The molecule has 0 radical (unpaired) electrons. The van der Waals surface area contributed by atoms with E-state index in [2.05, 4.69) is 15.6 Å². The Morgan fingerprint density at radius 3 is 2.79 bits per heavy atom. The molecule has 1 aromatic heterocycles. The Hall–Kier alpha value is -1.49. The van der Waals surface area contributed by atoms with Gasteiger partial charge in [-0.25, -0.2) is 10.3 Å². The van der Waals surface area contributed by atoms with Gasteiger partial charge in [-0.15, -0.1) is 0 Å². The second kappa shape index (κ2) is 4.66. The summed E-state index contributed by atoms with van der Waals surface area (Å²) < 4.78 is 5.34. The van der Waals surface area contributed by atoms with Crippen molar-refractivity contribution in [3.63, 3.8) is 0 Å². The molecule has 1 rings (SSSR count). The van der Waals surface area contributed by atoms with Gasteiger partial charge in [0, 0.05) is 0 Å². The largest absolute Gasteiger partial charge is 0.464 e. The number of nitrogens with one attached hydrogen (secondary N) is 2. The average molecular weight is 198 g/mol. The molecule has 0 bridgehead atoms. The number of amides is 2. The summed E-state index contributed by atoms with van der Waals surface area (Å²) in [5.74, 6) is 1.54. The van der Waals surface area contributed by atoms with Crippen molar-refractivity contribution in [3.05, 3.63) is 23.7 Å². The number of furan rings is 1. The second-order valence-corrected chi connectivity index (χ2v) is 2.95. The van der Waals surface area contributed by atoms with Crippen LogP contribution >= 0.6 is 0 Å². The van der Waals surface area contributed by atoms with Crippen molar-refractivity contribution in [2.45, 2.75) is 19.9 Å². The normalized spacial score (nSPS) is 12.2. The predicted octanol–water partition coefficient (Wildman–Crippen LogP) is 1.51. The molecule has 0 saturated heterocycles. The summed E-state index contributed by atoms with van der Waals surface area (Å²) in [6, 6.07) is 3.10. The third kappa shape index (κ3) is 2.77. The number of carbonyl (C=O) groups is 1. The summed E-state index contributed by atoms with van der Waals surface area (Å²) in [4.78, 5) is 15.5. The van der Waals surface area contributed by atoms with E-state index >= 15 is 0 Å². The fraction of sp³-hybridized carbons (Fsp3) is 0.444. The molecule has 1 atom stereocenters. The molecule has 5 heteroatoms.